The van der Waals surface area contributed by atoms with Crippen LogP contribution in [-0.2, 0) is 14.3 Å². The molecular weight excluding hydrogens is 491 g/mol. The average Bonchev–Trinajstić information content (AvgIpc) is 3.42. The maximum atomic E-state index is 13.6. The third-order valence-corrected chi connectivity index (χ3v) is 10.9. The zero-order chi connectivity index (χ0) is 25.4. The molecule has 3 fully saturated rings. The smallest absolute Gasteiger partial charge is 0.375 e. The van der Waals surface area contributed by atoms with E-state index in [-0.39, 0.29) is 47.4 Å². The molecule has 4 aliphatic carbocycles. The predicted molar refractivity (Wildman–Crippen MR) is 130 cm³/mol. The van der Waals surface area contributed by atoms with Crippen molar-refractivity contribution in [3.63, 3.8) is 0 Å². The van der Waals surface area contributed by atoms with E-state index in [9.17, 15) is 19.5 Å². The minimum atomic E-state index is -1.53. The molecule has 0 spiro atoms. The van der Waals surface area contributed by atoms with Gasteiger partial charge in [0, 0.05) is 16.7 Å². The summed E-state index contributed by atoms with van der Waals surface area (Å²) in [5, 5.41) is 11.8. The van der Waals surface area contributed by atoms with Gasteiger partial charge in [0.1, 0.15) is 0 Å². The summed E-state index contributed by atoms with van der Waals surface area (Å²) in [6.07, 6.45) is 7.44. The van der Waals surface area contributed by atoms with Crippen LogP contribution in [0.1, 0.15) is 57.0 Å². The Labute approximate surface area is 214 Å². The summed E-state index contributed by atoms with van der Waals surface area (Å²) in [5.41, 5.74) is -2.20. The molecule has 1 N–H and O–H groups in total. The molecule has 35 heavy (non-hydrogen) atoms. The second kappa shape index (κ2) is 8.06. The Bertz CT molecular complexity index is 1140. The molecule has 0 radical (unpaired) electrons. The number of halogens is 2. The topological polar surface area (TPSA) is 93.8 Å². The third kappa shape index (κ3) is 3.02. The number of allylic oxidation sites excluding steroid dienone is 4. The minimum Gasteiger partial charge on any atom is -0.457 e. The highest BCUT2D eigenvalue weighted by atomic mass is 35.5. The van der Waals surface area contributed by atoms with Gasteiger partial charge in [0.15, 0.2) is 17.2 Å². The first-order valence-corrected chi connectivity index (χ1v) is 13.0. The minimum absolute atomic E-state index is 0.00557. The van der Waals surface area contributed by atoms with E-state index in [4.69, 9.17) is 32.4 Å². The van der Waals surface area contributed by atoms with Crippen LogP contribution in [0.25, 0.3) is 0 Å². The summed E-state index contributed by atoms with van der Waals surface area (Å²) in [6.45, 7) is 5.81. The van der Waals surface area contributed by atoms with Gasteiger partial charge in [-0.2, -0.15) is 0 Å². The number of carbonyl (C=O) groups excluding carboxylic acids is 3. The molecule has 4 unspecified atom stereocenters. The Morgan fingerprint density at radius 1 is 1.29 bits per heavy atom. The van der Waals surface area contributed by atoms with Crippen LogP contribution in [0.5, 0.6) is 0 Å². The Morgan fingerprint density at radius 2 is 2.03 bits per heavy atom. The first kappa shape index (κ1) is 24.8. The van der Waals surface area contributed by atoms with Crippen LogP contribution in [-0.4, -0.2) is 45.1 Å². The van der Waals surface area contributed by atoms with Gasteiger partial charge in [-0.25, -0.2) is 4.79 Å². The number of hydrogen-bond donors (Lipinski definition) is 1. The van der Waals surface area contributed by atoms with E-state index in [2.05, 4.69) is 0 Å². The lowest BCUT2D eigenvalue weighted by molar-refractivity contribution is -0.177. The van der Waals surface area contributed by atoms with Crippen LogP contribution in [0.2, 0.25) is 0 Å². The van der Waals surface area contributed by atoms with E-state index in [1.165, 1.54) is 18.4 Å². The van der Waals surface area contributed by atoms with Gasteiger partial charge in [0.2, 0.25) is 5.76 Å². The molecule has 3 saturated carbocycles. The third-order valence-electron chi connectivity index (χ3n) is 9.69. The summed E-state index contributed by atoms with van der Waals surface area (Å²) in [5.74, 6) is -2.12. The molecule has 1 aromatic heterocycles. The van der Waals surface area contributed by atoms with Crippen molar-refractivity contribution in [3.05, 3.63) is 48.0 Å². The monoisotopic (exact) mass is 520 g/mol. The molecule has 188 valence electrons. The van der Waals surface area contributed by atoms with Gasteiger partial charge < -0.3 is 14.3 Å². The van der Waals surface area contributed by atoms with Crippen molar-refractivity contribution in [1.82, 2.24) is 0 Å². The normalized spacial score (nSPS) is 44.2. The van der Waals surface area contributed by atoms with Crippen molar-refractivity contribution in [2.45, 2.75) is 63.0 Å². The number of aliphatic hydroxyl groups excluding tert-OH is 1. The fourth-order valence-electron chi connectivity index (χ4n) is 8.09. The Balaban J connectivity index is 1.61. The first-order valence-electron chi connectivity index (χ1n) is 12.1. The molecule has 5 rings (SSSR count). The van der Waals surface area contributed by atoms with E-state index in [0.717, 1.165) is 5.57 Å². The number of Topliss-reactive ketones (excluding diaryl/α,β-unsaturated/α-hetero) is 1. The van der Waals surface area contributed by atoms with Crippen molar-refractivity contribution in [2.75, 3.05) is 5.88 Å². The van der Waals surface area contributed by atoms with E-state index >= 15 is 0 Å². The molecule has 4 aliphatic rings. The number of fused-ring (bicyclic) bond motifs is 5. The second-order valence-corrected chi connectivity index (χ2v) is 12.0. The van der Waals surface area contributed by atoms with E-state index in [1.54, 1.807) is 12.1 Å². The Hall–Kier alpha value is -1.89. The van der Waals surface area contributed by atoms with Gasteiger partial charge in [-0.1, -0.05) is 32.4 Å². The molecule has 0 saturated heterocycles. The van der Waals surface area contributed by atoms with Crippen molar-refractivity contribution >= 4 is 40.7 Å². The molecule has 8 atom stereocenters. The van der Waals surface area contributed by atoms with E-state index in [1.807, 2.05) is 26.8 Å². The number of carbonyl (C=O) groups is 3. The summed E-state index contributed by atoms with van der Waals surface area (Å²) < 4.78 is 11.3. The number of furan rings is 1. The quantitative estimate of drug-likeness (QED) is 0.449. The highest BCUT2D eigenvalue weighted by molar-refractivity contribution is 6.29. The lowest BCUT2D eigenvalue weighted by atomic mass is 9.45. The van der Waals surface area contributed by atoms with Crippen LogP contribution < -0.4 is 0 Å². The largest absolute Gasteiger partial charge is 0.457 e. The zero-order valence-electron chi connectivity index (χ0n) is 20.1. The molecule has 8 heteroatoms. The van der Waals surface area contributed by atoms with Crippen LogP contribution in [0.3, 0.4) is 0 Å². The summed E-state index contributed by atoms with van der Waals surface area (Å²) in [4.78, 5) is 37.7. The van der Waals surface area contributed by atoms with Gasteiger partial charge in [0.25, 0.3) is 0 Å². The number of aliphatic hydroxyl groups is 1. The van der Waals surface area contributed by atoms with Crippen molar-refractivity contribution in [3.8, 4) is 0 Å². The SMILES string of the molecule is C[C@@H]1CC2C3CCC4=CC(=O)C=C[C@]4(C)C3(Cl)C(O)C[C@]2(C)[C@@]1(OC(=O)c1ccco1)C(=O)CCl. The zero-order valence-corrected chi connectivity index (χ0v) is 21.6. The summed E-state index contributed by atoms with van der Waals surface area (Å²) >= 11 is 13.6. The van der Waals surface area contributed by atoms with Crippen molar-refractivity contribution in [1.29, 1.82) is 0 Å². The highest BCUT2D eigenvalue weighted by Gasteiger charge is 2.76. The van der Waals surface area contributed by atoms with Crippen molar-refractivity contribution < 1.29 is 28.6 Å². The molecule has 0 aromatic carbocycles. The number of ether oxygens (including phenoxy) is 1. The fourth-order valence-corrected chi connectivity index (χ4v) is 8.81. The first-order chi connectivity index (χ1) is 16.5. The van der Waals surface area contributed by atoms with Crippen LogP contribution in [0.4, 0.5) is 0 Å². The molecular formula is C27H30Cl2O6. The number of alkyl halides is 2. The lowest BCUT2D eigenvalue weighted by Gasteiger charge is -2.64. The summed E-state index contributed by atoms with van der Waals surface area (Å²) in [7, 11) is 0. The molecule has 6 nitrogen and oxygen atoms in total. The van der Waals surface area contributed by atoms with Gasteiger partial charge >= 0.3 is 5.97 Å². The fraction of sp³-hybridized carbons (Fsp3) is 0.593. The molecule has 0 aliphatic heterocycles. The van der Waals surface area contributed by atoms with Gasteiger partial charge in [-0.15, -0.1) is 23.2 Å². The average molecular weight is 521 g/mol. The number of rotatable bonds is 4. The molecule has 0 bridgehead atoms. The van der Waals surface area contributed by atoms with Crippen LogP contribution in [0.15, 0.2) is 46.6 Å². The Morgan fingerprint density at radius 3 is 2.69 bits per heavy atom. The van der Waals surface area contributed by atoms with Gasteiger partial charge in [0.05, 0.1) is 23.1 Å². The second-order valence-electron chi connectivity index (χ2n) is 11.1. The Kier molecular flexibility index (Phi) is 5.71. The molecule has 1 aromatic rings. The highest BCUT2D eigenvalue weighted by Crippen LogP contribution is 2.72. The van der Waals surface area contributed by atoms with E-state index < -0.39 is 33.4 Å². The predicted octanol–water partition coefficient (Wildman–Crippen LogP) is 4.87. The number of ketones is 2. The van der Waals surface area contributed by atoms with Crippen molar-refractivity contribution in [2.24, 2.45) is 28.6 Å². The molecule has 1 heterocycles. The lowest BCUT2D eigenvalue weighted by Crippen LogP contribution is -2.69. The maximum absolute atomic E-state index is 13.6. The van der Waals surface area contributed by atoms with Gasteiger partial charge in [-0.3, -0.25) is 9.59 Å². The maximum Gasteiger partial charge on any atom is 0.375 e. The number of hydrogen-bond acceptors (Lipinski definition) is 6. The molecule has 0 amide bonds. The van der Waals surface area contributed by atoms with Crippen LogP contribution in [0, 0.1) is 28.6 Å². The van der Waals surface area contributed by atoms with E-state index in [0.29, 0.717) is 19.3 Å². The number of esters is 1. The van der Waals surface area contributed by atoms with Crippen LogP contribution >= 0.6 is 23.2 Å². The van der Waals surface area contributed by atoms with Gasteiger partial charge in [-0.05, 0) is 61.8 Å². The standard InChI is InChI=1S/C27H30Cl2O6/c1-15-11-19-18-7-6-16-12-17(30)8-9-24(16,2)26(18,29)21(31)13-25(19,3)27(15,22(32)14-28)35-23(33)20-5-4-10-34-20/h4-5,8-10,12,15,18-19,21,31H,6-7,11,13-14H2,1-3H3/t15-,18?,19?,21?,24+,25+,26?,27+/m1/s1. The summed E-state index contributed by atoms with van der Waals surface area (Å²) in [6, 6.07) is 3.07.